The molecule has 1 aliphatic rings. The second-order valence-electron chi connectivity index (χ2n) is 9.89. The van der Waals surface area contributed by atoms with Crippen LogP contribution < -0.4 is 15.4 Å². The van der Waals surface area contributed by atoms with Crippen LogP contribution in [0.1, 0.15) is 52.7 Å². The quantitative estimate of drug-likeness (QED) is 0.373. The van der Waals surface area contributed by atoms with Gasteiger partial charge in [-0.1, -0.05) is 36.4 Å². The molecule has 3 aromatic rings. The molecular formula is C31H36FN3O3. The lowest BCUT2D eigenvalue weighted by molar-refractivity contribution is -0.121. The van der Waals surface area contributed by atoms with Crippen molar-refractivity contribution in [1.82, 2.24) is 15.5 Å². The average molecular weight is 518 g/mol. The van der Waals surface area contributed by atoms with Gasteiger partial charge in [-0.25, -0.2) is 4.39 Å². The summed E-state index contributed by atoms with van der Waals surface area (Å²) in [7, 11) is 1.62. The number of halogens is 1. The molecule has 2 N–H and O–H groups in total. The van der Waals surface area contributed by atoms with Crippen molar-refractivity contribution in [3.05, 3.63) is 101 Å². The highest BCUT2D eigenvalue weighted by Crippen LogP contribution is 2.23. The number of hydrogen-bond donors (Lipinski definition) is 2. The lowest BCUT2D eigenvalue weighted by atomic mass is 9.92. The zero-order chi connectivity index (χ0) is 26.7. The van der Waals surface area contributed by atoms with E-state index in [1.54, 1.807) is 19.2 Å². The van der Waals surface area contributed by atoms with Crippen molar-refractivity contribution in [1.29, 1.82) is 0 Å². The standard InChI is InChI=1S/C31H36FN3O3/c1-38-29-13-6-25(7-14-29)21-34-31(37)27-9-2-24(3-10-27)20-33-30(36)15-8-23-16-18-35(19-17-23)22-26-4-11-28(32)12-5-26/h2-7,9-14,23H,8,15-22H2,1H3,(H,33,36)(H,34,37). The van der Waals surface area contributed by atoms with Crippen LogP contribution >= 0.6 is 0 Å². The molecule has 1 heterocycles. The van der Waals surface area contributed by atoms with Gasteiger partial charge in [0.25, 0.3) is 5.91 Å². The second kappa shape index (κ2) is 13.7. The summed E-state index contributed by atoms with van der Waals surface area (Å²) in [6.45, 7) is 3.74. The maximum absolute atomic E-state index is 13.1. The molecule has 0 unspecified atom stereocenters. The van der Waals surface area contributed by atoms with Gasteiger partial charge in [0.05, 0.1) is 7.11 Å². The Balaban J connectivity index is 1.11. The molecule has 4 rings (SSSR count). The van der Waals surface area contributed by atoms with Crippen molar-refractivity contribution in [2.24, 2.45) is 5.92 Å². The van der Waals surface area contributed by atoms with Crippen molar-refractivity contribution < 1.29 is 18.7 Å². The van der Waals surface area contributed by atoms with Gasteiger partial charge in [0.2, 0.25) is 5.91 Å². The molecule has 0 spiro atoms. The Bertz CT molecular complexity index is 1170. The van der Waals surface area contributed by atoms with Gasteiger partial charge >= 0.3 is 0 Å². The third-order valence-electron chi connectivity index (χ3n) is 7.12. The Morgan fingerprint density at radius 1 is 0.842 bits per heavy atom. The molecule has 200 valence electrons. The maximum Gasteiger partial charge on any atom is 0.251 e. The summed E-state index contributed by atoms with van der Waals surface area (Å²) >= 11 is 0. The van der Waals surface area contributed by atoms with Gasteiger partial charge in [0, 0.05) is 31.6 Å². The van der Waals surface area contributed by atoms with Crippen LogP contribution in [0.15, 0.2) is 72.8 Å². The first-order valence-corrected chi connectivity index (χ1v) is 13.2. The van der Waals surface area contributed by atoms with E-state index in [0.717, 1.165) is 61.3 Å². The van der Waals surface area contributed by atoms with Crippen LogP contribution in [0.5, 0.6) is 5.75 Å². The minimum Gasteiger partial charge on any atom is -0.497 e. The SMILES string of the molecule is COc1ccc(CNC(=O)c2ccc(CNC(=O)CCC3CCN(Cc4ccc(F)cc4)CC3)cc2)cc1. The lowest BCUT2D eigenvalue weighted by Crippen LogP contribution is -2.33. The number of amides is 2. The number of likely N-dealkylation sites (tertiary alicyclic amines) is 1. The second-order valence-corrected chi connectivity index (χ2v) is 9.89. The van der Waals surface area contributed by atoms with Crippen molar-refractivity contribution in [2.45, 2.75) is 45.3 Å². The van der Waals surface area contributed by atoms with Gasteiger partial charge in [0.1, 0.15) is 11.6 Å². The van der Waals surface area contributed by atoms with Crippen LogP contribution in [0.2, 0.25) is 0 Å². The van der Waals surface area contributed by atoms with Gasteiger partial charge < -0.3 is 15.4 Å². The smallest absolute Gasteiger partial charge is 0.251 e. The number of ether oxygens (including phenoxy) is 1. The molecule has 1 saturated heterocycles. The lowest BCUT2D eigenvalue weighted by Gasteiger charge is -2.32. The van der Waals surface area contributed by atoms with E-state index in [9.17, 15) is 14.0 Å². The normalized spacial score (nSPS) is 14.2. The summed E-state index contributed by atoms with van der Waals surface area (Å²) in [5.41, 5.74) is 3.67. The van der Waals surface area contributed by atoms with Gasteiger partial charge in [0.15, 0.2) is 0 Å². The number of rotatable bonds is 11. The van der Waals surface area contributed by atoms with Crippen molar-refractivity contribution >= 4 is 11.8 Å². The van der Waals surface area contributed by atoms with E-state index in [-0.39, 0.29) is 17.6 Å². The number of benzene rings is 3. The van der Waals surface area contributed by atoms with Gasteiger partial charge in [-0.2, -0.15) is 0 Å². The largest absolute Gasteiger partial charge is 0.497 e. The van der Waals surface area contributed by atoms with Crippen LogP contribution in [0, 0.1) is 11.7 Å². The highest BCUT2D eigenvalue weighted by Gasteiger charge is 2.20. The van der Waals surface area contributed by atoms with Gasteiger partial charge in [-0.3, -0.25) is 14.5 Å². The van der Waals surface area contributed by atoms with E-state index in [1.165, 1.54) is 12.1 Å². The fourth-order valence-corrected chi connectivity index (χ4v) is 4.71. The van der Waals surface area contributed by atoms with Gasteiger partial charge in [-0.15, -0.1) is 0 Å². The molecule has 1 aliphatic heterocycles. The molecular weight excluding hydrogens is 481 g/mol. The third kappa shape index (κ3) is 8.42. The molecule has 1 fully saturated rings. The topological polar surface area (TPSA) is 70.7 Å². The molecule has 6 nitrogen and oxygen atoms in total. The van der Waals surface area contributed by atoms with E-state index >= 15 is 0 Å². The Kier molecular flexibility index (Phi) is 9.87. The molecule has 0 atom stereocenters. The van der Waals surface area contributed by atoms with Crippen LogP contribution in [0.25, 0.3) is 0 Å². The monoisotopic (exact) mass is 517 g/mol. The average Bonchev–Trinajstić information content (AvgIpc) is 2.96. The van der Waals surface area contributed by atoms with Crippen molar-refractivity contribution in [3.8, 4) is 5.75 Å². The van der Waals surface area contributed by atoms with Crippen LogP contribution in [0.3, 0.4) is 0 Å². The molecule has 7 heteroatoms. The highest BCUT2D eigenvalue weighted by atomic mass is 19.1. The Morgan fingerprint density at radius 3 is 2.05 bits per heavy atom. The number of carbonyl (C=O) groups is 2. The summed E-state index contributed by atoms with van der Waals surface area (Å²) in [6, 6.07) is 21.6. The molecule has 0 aliphatic carbocycles. The first kappa shape index (κ1) is 27.3. The Hall–Kier alpha value is -3.71. The molecule has 3 aromatic carbocycles. The Morgan fingerprint density at radius 2 is 1.42 bits per heavy atom. The third-order valence-corrected chi connectivity index (χ3v) is 7.12. The molecule has 0 bridgehead atoms. The van der Waals surface area contributed by atoms with E-state index in [2.05, 4.69) is 15.5 Å². The molecule has 0 radical (unpaired) electrons. The number of nitrogens with one attached hydrogen (secondary N) is 2. The van der Waals surface area contributed by atoms with Crippen LogP contribution in [-0.4, -0.2) is 36.9 Å². The molecule has 0 aromatic heterocycles. The summed E-state index contributed by atoms with van der Waals surface area (Å²) in [5, 5.41) is 5.92. The molecule has 38 heavy (non-hydrogen) atoms. The van der Waals surface area contributed by atoms with Crippen molar-refractivity contribution in [2.75, 3.05) is 20.2 Å². The first-order valence-electron chi connectivity index (χ1n) is 13.2. The fourth-order valence-electron chi connectivity index (χ4n) is 4.71. The molecule has 0 saturated carbocycles. The van der Waals surface area contributed by atoms with Crippen molar-refractivity contribution in [3.63, 3.8) is 0 Å². The summed E-state index contributed by atoms with van der Waals surface area (Å²) in [6.07, 6.45) is 3.57. The number of hydrogen-bond acceptors (Lipinski definition) is 4. The number of carbonyl (C=O) groups excluding carboxylic acids is 2. The summed E-state index contributed by atoms with van der Waals surface area (Å²) < 4.78 is 18.2. The summed E-state index contributed by atoms with van der Waals surface area (Å²) in [4.78, 5) is 27.3. The van der Waals surface area contributed by atoms with E-state index in [0.29, 0.717) is 31.0 Å². The van der Waals surface area contributed by atoms with E-state index in [1.807, 2.05) is 48.5 Å². The first-order chi connectivity index (χ1) is 18.5. The number of nitrogens with zero attached hydrogens (tertiary/aromatic N) is 1. The minimum atomic E-state index is -0.202. The predicted octanol–water partition coefficient (Wildman–Crippen LogP) is 5.07. The van der Waals surface area contributed by atoms with E-state index < -0.39 is 0 Å². The molecule has 2 amide bonds. The maximum atomic E-state index is 13.1. The predicted molar refractivity (Wildman–Crippen MR) is 146 cm³/mol. The minimum absolute atomic E-state index is 0.0556. The number of methoxy groups -OCH3 is 1. The van der Waals surface area contributed by atoms with Gasteiger partial charge in [-0.05, 0) is 91.4 Å². The van der Waals surface area contributed by atoms with Crippen LogP contribution in [0.4, 0.5) is 4.39 Å². The fraction of sp³-hybridized carbons (Fsp3) is 0.355. The Labute approximate surface area is 224 Å². The van der Waals surface area contributed by atoms with E-state index in [4.69, 9.17) is 4.74 Å². The van der Waals surface area contributed by atoms with Crippen LogP contribution in [-0.2, 0) is 24.4 Å². The number of piperidine rings is 1. The zero-order valence-corrected chi connectivity index (χ0v) is 21.9. The highest BCUT2D eigenvalue weighted by molar-refractivity contribution is 5.94. The zero-order valence-electron chi connectivity index (χ0n) is 21.9. The summed E-state index contributed by atoms with van der Waals surface area (Å²) in [5.74, 6) is 1.05.